The Kier molecular flexibility index (Phi) is 5.71. The second-order valence-corrected chi connectivity index (χ2v) is 7.17. The lowest BCUT2D eigenvalue weighted by Crippen LogP contribution is -2.20. The van der Waals surface area contributed by atoms with Crippen molar-refractivity contribution in [2.24, 2.45) is 0 Å². The fraction of sp³-hybridized carbons (Fsp3) is 0.235. The van der Waals surface area contributed by atoms with E-state index in [0.717, 1.165) is 15.8 Å². The quantitative estimate of drug-likeness (QED) is 0.485. The number of rotatable bonds is 7. The van der Waals surface area contributed by atoms with Crippen LogP contribution in [0.3, 0.4) is 0 Å². The number of thiophene rings is 1. The van der Waals surface area contributed by atoms with E-state index in [0.29, 0.717) is 28.9 Å². The van der Waals surface area contributed by atoms with E-state index < -0.39 is 6.10 Å². The third kappa shape index (κ3) is 4.60. The lowest BCUT2D eigenvalue weighted by Gasteiger charge is -2.12. The number of aliphatic hydroxyl groups excluding tert-OH is 1. The van der Waals surface area contributed by atoms with Crippen molar-refractivity contribution < 1.29 is 9.84 Å². The molecule has 0 aliphatic rings. The minimum absolute atomic E-state index is 0.168. The van der Waals surface area contributed by atoms with Gasteiger partial charge in [-0.25, -0.2) is 9.97 Å². The van der Waals surface area contributed by atoms with Gasteiger partial charge >= 0.3 is 0 Å². The molecule has 8 heteroatoms. The number of hydrogen-bond acceptors (Lipinski definition) is 8. The van der Waals surface area contributed by atoms with Crippen molar-refractivity contribution in [3.63, 3.8) is 0 Å². The van der Waals surface area contributed by atoms with Crippen LogP contribution in [0, 0.1) is 11.3 Å². The number of nitrogen functional groups attached to an aromatic ring is 1. The van der Waals surface area contributed by atoms with Gasteiger partial charge in [0.15, 0.2) is 5.16 Å². The van der Waals surface area contributed by atoms with Gasteiger partial charge in [0, 0.05) is 5.75 Å². The molecule has 3 rings (SSSR count). The molecule has 0 radical (unpaired) electrons. The maximum atomic E-state index is 10.1. The fourth-order valence-corrected chi connectivity index (χ4v) is 3.71. The molecule has 0 saturated heterocycles. The largest absolute Gasteiger partial charge is 0.491 e. The summed E-state index contributed by atoms with van der Waals surface area (Å²) in [5.41, 5.74) is 6.85. The van der Waals surface area contributed by atoms with Crippen molar-refractivity contribution in [3.05, 3.63) is 41.3 Å². The highest BCUT2D eigenvalue weighted by atomic mass is 32.2. The van der Waals surface area contributed by atoms with Crippen LogP contribution in [0.15, 0.2) is 40.9 Å². The zero-order valence-corrected chi connectivity index (χ0v) is 14.9. The molecule has 3 aromatic rings. The SMILES string of the molecule is N#CCc1ccc(OCC(O)CSc2nc(N)c3ccsc3n2)cc1. The van der Waals surface area contributed by atoms with Gasteiger partial charge in [0.25, 0.3) is 0 Å². The number of nitrogens with zero attached hydrogens (tertiary/aromatic N) is 3. The smallest absolute Gasteiger partial charge is 0.190 e. The van der Waals surface area contributed by atoms with Crippen LogP contribution in [0.25, 0.3) is 10.2 Å². The first-order chi connectivity index (χ1) is 12.2. The summed E-state index contributed by atoms with van der Waals surface area (Å²) >= 11 is 2.85. The molecule has 6 nitrogen and oxygen atoms in total. The molecule has 0 fully saturated rings. The Labute approximate surface area is 153 Å². The highest BCUT2D eigenvalue weighted by Gasteiger charge is 2.11. The minimum atomic E-state index is -0.660. The molecule has 0 spiro atoms. The zero-order chi connectivity index (χ0) is 17.6. The van der Waals surface area contributed by atoms with Crippen molar-refractivity contribution in [1.29, 1.82) is 5.26 Å². The summed E-state index contributed by atoms with van der Waals surface area (Å²) < 4.78 is 5.56. The summed E-state index contributed by atoms with van der Waals surface area (Å²) in [4.78, 5) is 9.52. The molecule has 0 aliphatic heterocycles. The predicted molar refractivity (Wildman–Crippen MR) is 99.8 cm³/mol. The van der Waals surface area contributed by atoms with Crippen LogP contribution in [0.4, 0.5) is 5.82 Å². The maximum absolute atomic E-state index is 10.1. The van der Waals surface area contributed by atoms with E-state index in [2.05, 4.69) is 16.0 Å². The first kappa shape index (κ1) is 17.5. The molecule has 128 valence electrons. The number of aromatic nitrogens is 2. The fourth-order valence-electron chi connectivity index (χ4n) is 2.13. The van der Waals surface area contributed by atoms with Gasteiger partial charge < -0.3 is 15.6 Å². The Morgan fingerprint density at radius 1 is 1.28 bits per heavy atom. The van der Waals surface area contributed by atoms with Gasteiger partial charge in [-0.05, 0) is 29.1 Å². The van der Waals surface area contributed by atoms with Crippen LogP contribution in [-0.4, -0.2) is 33.5 Å². The second kappa shape index (κ2) is 8.16. The van der Waals surface area contributed by atoms with E-state index in [-0.39, 0.29) is 6.61 Å². The van der Waals surface area contributed by atoms with Crippen LogP contribution >= 0.6 is 23.1 Å². The summed E-state index contributed by atoms with van der Waals surface area (Å²) in [7, 11) is 0. The van der Waals surface area contributed by atoms with Gasteiger partial charge in [0.1, 0.15) is 23.0 Å². The van der Waals surface area contributed by atoms with E-state index in [1.165, 1.54) is 23.1 Å². The Hall–Kier alpha value is -2.34. The molecule has 1 aromatic carbocycles. The number of anilines is 1. The maximum Gasteiger partial charge on any atom is 0.190 e. The number of nitriles is 1. The van der Waals surface area contributed by atoms with Crippen LogP contribution in [0.5, 0.6) is 5.75 Å². The Morgan fingerprint density at radius 2 is 2.08 bits per heavy atom. The zero-order valence-electron chi connectivity index (χ0n) is 13.3. The van der Waals surface area contributed by atoms with Crippen molar-refractivity contribution in [3.8, 4) is 11.8 Å². The van der Waals surface area contributed by atoms with Gasteiger partial charge in [-0.3, -0.25) is 0 Å². The lowest BCUT2D eigenvalue weighted by atomic mass is 10.2. The monoisotopic (exact) mass is 372 g/mol. The normalized spacial score (nSPS) is 12.0. The molecule has 0 aliphatic carbocycles. The van der Waals surface area contributed by atoms with Gasteiger partial charge in [-0.1, -0.05) is 23.9 Å². The molecule has 1 atom stereocenters. The Morgan fingerprint density at radius 3 is 2.84 bits per heavy atom. The first-order valence-electron chi connectivity index (χ1n) is 7.56. The van der Waals surface area contributed by atoms with E-state index in [1.54, 1.807) is 12.1 Å². The van der Waals surface area contributed by atoms with E-state index >= 15 is 0 Å². The number of nitrogens with two attached hydrogens (primary N) is 1. The molecule has 2 aromatic heterocycles. The Balaban J connectivity index is 1.50. The minimum Gasteiger partial charge on any atom is -0.491 e. The average Bonchev–Trinajstić information content (AvgIpc) is 3.09. The number of aliphatic hydroxyl groups is 1. The third-order valence-electron chi connectivity index (χ3n) is 3.39. The molecular formula is C17H16N4O2S2. The van der Waals surface area contributed by atoms with Gasteiger partial charge in [0.05, 0.1) is 24.0 Å². The van der Waals surface area contributed by atoms with Gasteiger partial charge in [0.2, 0.25) is 0 Å². The van der Waals surface area contributed by atoms with Crippen LogP contribution in [-0.2, 0) is 6.42 Å². The molecule has 2 heterocycles. The summed E-state index contributed by atoms with van der Waals surface area (Å²) in [6.07, 6.45) is -0.287. The number of ether oxygens (including phenoxy) is 1. The molecule has 0 amide bonds. The van der Waals surface area contributed by atoms with Gasteiger partial charge in [-0.2, -0.15) is 5.26 Å². The molecule has 0 saturated carbocycles. The lowest BCUT2D eigenvalue weighted by molar-refractivity contribution is 0.126. The van der Waals surface area contributed by atoms with E-state index in [4.69, 9.17) is 15.7 Å². The van der Waals surface area contributed by atoms with Gasteiger partial charge in [-0.15, -0.1) is 11.3 Å². The van der Waals surface area contributed by atoms with Crippen LogP contribution in [0.2, 0.25) is 0 Å². The summed E-state index contributed by atoms with van der Waals surface area (Å²) in [5, 5.41) is 22.1. The average molecular weight is 372 g/mol. The van der Waals surface area contributed by atoms with Crippen molar-refractivity contribution in [2.75, 3.05) is 18.1 Å². The summed E-state index contributed by atoms with van der Waals surface area (Å²) in [5.74, 6) is 1.52. The topological polar surface area (TPSA) is 105 Å². The highest BCUT2D eigenvalue weighted by Crippen LogP contribution is 2.26. The van der Waals surface area contributed by atoms with Crippen molar-refractivity contribution in [2.45, 2.75) is 17.7 Å². The number of benzene rings is 1. The predicted octanol–water partition coefficient (Wildman–Crippen LogP) is 2.87. The molecular weight excluding hydrogens is 356 g/mol. The molecule has 3 N–H and O–H groups in total. The number of thioether (sulfide) groups is 1. The van der Waals surface area contributed by atoms with Crippen LogP contribution < -0.4 is 10.5 Å². The Bertz CT molecular complexity index is 890. The molecule has 1 unspecified atom stereocenters. The highest BCUT2D eigenvalue weighted by molar-refractivity contribution is 7.99. The number of fused-ring (bicyclic) bond motifs is 1. The standard InChI is InChI=1S/C17H16N4O2S2/c18-7-5-11-1-3-13(4-2-11)23-9-12(22)10-25-17-20-15(19)14-6-8-24-16(14)21-17/h1-4,6,8,12,22H,5,9-10H2,(H2,19,20,21). The molecule has 0 bridgehead atoms. The third-order valence-corrected chi connectivity index (χ3v) is 5.19. The van der Waals surface area contributed by atoms with Crippen molar-refractivity contribution in [1.82, 2.24) is 9.97 Å². The van der Waals surface area contributed by atoms with E-state index in [9.17, 15) is 5.11 Å². The summed E-state index contributed by atoms with van der Waals surface area (Å²) in [6.45, 7) is 0.168. The number of hydrogen-bond donors (Lipinski definition) is 2. The second-order valence-electron chi connectivity index (χ2n) is 5.29. The van der Waals surface area contributed by atoms with Crippen molar-refractivity contribution >= 4 is 39.1 Å². The molecule has 25 heavy (non-hydrogen) atoms. The van der Waals surface area contributed by atoms with E-state index in [1.807, 2.05) is 23.6 Å². The summed E-state index contributed by atoms with van der Waals surface area (Å²) in [6, 6.07) is 11.3. The van der Waals surface area contributed by atoms with Crippen LogP contribution in [0.1, 0.15) is 5.56 Å². The first-order valence-corrected chi connectivity index (χ1v) is 9.42.